The van der Waals surface area contributed by atoms with Crippen LogP contribution in [0.25, 0.3) is 0 Å². The number of amides is 2. The second kappa shape index (κ2) is 14.3. The van der Waals surface area contributed by atoms with Gasteiger partial charge in [-0.05, 0) is 68.0 Å². The first kappa shape index (κ1) is 31.9. The van der Waals surface area contributed by atoms with Gasteiger partial charge in [0.25, 0.3) is 10.0 Å². The number of rotatable bonds is 13. The first-order valence-electron chi connectivity index (χ1n) is 14.3. The van der Waals surface area contributed by atoms with Crippen LogP contribution in [0.3, 0.4) is 0 Å². The molecule has 3 rings (SSSR count). The summed E-state index contributed by atoms with van der Waals surface area (Å²) in [5.74, 6) is -0.435. The fourth-order valence-corrected chi connectivity index (χ4v) is 6.08. The van der Waals surface area contributed by atoms with Gasteiger partial charge in [0, 0.05) is 12.6 Å². The van der Waals surface area contributed by atoms with Crippen LogP contribution in [-0.4, -0.2) is 43.8 Å². The van der Waals surface area contributed by atoms with Crippen LogP contribution in [0.5, 0.6) is 0 Å². The van der Waals surface area contributed by atoms with E-state index in [1.54, 1.807) is 30.3 Å². The Kier molecular flexibility index (Phi) is 11.1. The zero-order valence-electron chi connectivity index (χ0n) is 25.0. The molecule has 0 aromatic heterocycles. The average Bonchev–Trinajstić information content (AvgIpc) is 2.96. The highest BCUT2D eigenvalue weighted by atomic mass is 32.2. The highest BCUT2D eigenvalue weighted by molar-refractivity contribution is 7.92. The van der Waals surface area contributed by atoms with Crippen molar-refractivity contribution in [1.29, 1.82) is 0 Å². The molecular weight excluding hydrogens is 534 g/mol. The molecule has 1 N–H and O–H groups in total. The smallest absolute Gasteiger partial charge is 0.264 e. The van der Waals surface area contributed by atoms with E-state index >= 15 is 0 Å². The molecule has 41 heavy (non-hydrogen) atoms. The number of hydrogen-bond acceptors (Lipinski definition) is 4. The molecule has 2 amide bonds. The van der Waals surface area contributed by atoms with Gasteiger partial charge >= 0.3 is 0 Å². The van der Waals surface area contributed by atoms with E-state index in [-0.39, 0.29) is 29.3 Å². The Morgan fingerprint density at radius 1 is 0.854 bits per heavy atom. The Morgan fingerprint density at radius 2 is 1.51 bits per heavy atom. The third-order valence-corrected chi connectivity index (χ3v) is 9.07. The number of anilines is 1. The van der Waals surface area contributed by atoms with Crippen LogP contribution in [0.4, 0.5) is 5.69 Å². The van der Waals surface area contributed by atoms with Gasteiger partial charge in [0.05, 0.1) is 10.6 Å². The molecule has 2 atom stereocenters. The predicted molar refractivity (Wildman–Crippen MR) is 165 cm³/mol. The first-order valence-corrected chi connectivity index (χ1v) is 15.7. The molecule has 0 saturated carbocycles. The summed E-state index contributed by atoms with van der Waals surface area (Å²) < 4.78 is 29.0. The van der Waals surface area contributed by atoms with Crippen LogP contribution in [0.15, 0.2) is 83.8 Å². The second-order valence-corrected chi connectivity index (χ2v) is 12.7. The number of carbonyl (C=O) groups excluding carboxylic acids is 2. The SMILES string of the molecule is CC[C@@H](C)NC(=O)[C@@H](CC)N(Cc1cccc(C)c1)C(=O)CN(c1ccc(C(C)C)cc1)S(=O)(=O)c1ccccc1. The van der Waals surface area contributed by atoms with Gasteiger partial charge < -0.3 is 10.2 Å². The van der Waals surface area contributed by atoms with Gasteiger partial charge in [0.1, 0.15) is 12.6 Å². The number of nitrogens with zero attached hydrogens (tertiary/aromatic N) is 2. The van der Waals surface area contributed by atoms with E-state index < -0.39 is 28.5 Å². The molecule has 3 aromatic rings. The van der Waals surface area contributed by atoms with E-state index in [0.717, 1.165) is 27.4 Å². The van der Waals surface area contributed by atoms with Crippen LogP contribution in [0.2, 0.25) is 0 Å². The second-order valence-electron chi connectivity index (χ2n) is 10.8. The molecule has 220 valence electrons. The minimum Gasteiger partial charge on any atom is -0.352 e. The molecule has 3 aromatic carbocycles. The summed E-state index contributed by atoms with van der Waals surface area (Å²) in [7, 11) is -4.09. The van der Waals surface area contributed by atoms with Gasteiger partial charge in [0.2, 0.25) is 11.8 Å². The van der Waals surface area contributed by atoms with Crippen molar-refractivity contribution in [2.45, 2.75) is 83.8 Å². The largest absolute Gasteiger partial charge is 0.352 e. The molecule has 0 saturated heterocycles. The topological polar surface area (TPSA) is 86.8 Å². The maximum absolute atomic E-state index is 14.2. The molecule has 0 fully saturated rings. The van der Waals surface area contributed by atoms with Crippen molar-refractivity contribution >= 4 is 27.5 Å². The summed E-state index contributed by atoms with van der Waals surface area (Å²) in [5.41, 5.74) is 3.35. The maximum atomic E-state index is 14.2. The molecule has 8 heteroatoms. The summed E-state index contributed by atoms with van der Waals surface area (Å²) in [6, 6.07) is 22.3. The first-order chi connectivity index (χ1) is 19.5. The van der Waals surface area contributed by atoms with Gasteiger partial charge in [-0.15, -0.1) is 0 Å². The number of carbonyl (C=O) groups is 2. The summed E-state index contributed by atoms with van der Waals surface area (Å²) in [5, 5.41) is 3.01. The fourth-order valence-electron chi connectivity index (χ4n) is 4.64. The number of sulfonamides is 1. The minimum absolute atomic E-state index is 0.0538. The highest BCUT2D eigenvalue weighted by Crippen LogP contribution is 2.27. The Balaban J connectivity index is 2.06. The lowest BCUT2D eigenvalue weighted by Gasteiger charge is -2.34. The molecule has 0 radical (unpaired) electrons. The van der Waals surface area contributed by atoms with Gasteiger partial charge in [0.15, 0.2) is 0 Å². The van der Waals surface area contributed by atoms with Crippen LogP contribution in [-0.2, 0) is 26.2 Å². The lowest BCUT2D eigenvalue weighted by atomic mass is 10.0. The quantitative estimate of drug-likeness (QED) is 0.269. The normalized spacial score (nSPS) is 13.0. The number of aryl methyl sites for hydroxylation is 1. The van der Waals surface area contributed by atoms with Crippen LogP contribution >= 0.6 is 0 Å². The van der Waals surface area contributed by atoms with Gasteiger partial charge in [-0.3, -0.25) is 13.9 Å². The van der Waals surface area contributed by atoms with Crippen molar-refractivity contribution in [3.05, 3.63) is 95.6 Å². The van der Waals surface area contributed by atoms with E-state index in [0.29, 0.717) is 12.1 Å². The number of hydrogen-bond donors (Lipinski definition) is 1. The monoisotopic (exact) mass is 577 g/mol. The van der Waals surface area contributed by atoms with Crippen LogP contribution < -0.4 is 9.62 Å². The zero-order valence-corrected chi connectivity index (χ0v) is 25.8. The molecule has 0 heterocycles. The van der Waals surface area contributed by atoms with Crippen molar-refractivity contribution in [1.82, 2.24) is 10.2 Å². The molecule has 0 aliphatic heterocycles. The van der Waals surface area contributed by atoms with Crippen molar-refractivity contribution in [3.8, 4) is 0 Å². The summed E-state index contributed by atoms with van der Waals surface area (Å²) in [4.78, 5) is 29.2. The van der Waals surface area contributed by atoms with Gasteiger partial charge in [-0.25, -0.2) is 8.42 Å². The fraction of sp³-hybridized carbons (Fsp3) is 0.394. The molecule has 0 unspecified atom stereocenters. The zero-order chi connectivity index (χ0) is 30.2. The lowest BCUT2D eigenvalue weighted by Crippen LogP contribution is -2.53. The van der Waals surface area contributed by atoms with Crippen LogP contribution in [0, 0.1) is 6.92 Å². The predicted octanol–water partition coefficient (Wildman–Crippen LogP) is 6.04. The number of benzene rings is 3. The van der Waals surface area contributed by atoms with Crippen molar-refractivity contribution in [2.75, 3.05) is 10.8 Å². The standard InChI is InChI=1S/C33H43N3O4S/c1-7-26(6)34-33(38)31(8-2)35(22-27-14-12-13-25(5)21-27)32(37)23-36(29-19-17-28(18-20-29)24(3)4)41(39,40)30-15-10-9-11-16-30/h9-21,24,26,31H,7-8,22-23H2,1-6H3,(H,34,38)/t26-,31-/m1/s1. The van der Waals surface area contributed by atoms with Crippen LogP contribution in [0.1, 0.15) is 70.1 Å². The van der Waals surface area contributed by atoms with E-state index in [9.17, 15) is 18.0 Å². The van der Waals surface area contributed by atoms with E-state index in [4.69, 9.17) is 0 Å². The Hall–Kier alpha value is -3.65. The lowest BCUT2D eigenvalue weighted by molar-refractivity contribution is -0.140. The number of nitrogens with one attached hydrogen (secondary N) is 1. The molecule has 0 bridgehead atoms. The Bertz CT molecular complexity index is 1410. The molecule has 7 nitrogen and oxygen atoms in total. The highest BCUT2D eigenvalue weighted by Gasteiger charge is 2.34. The van der Waals surface area contributed by atoms with Crippen molar-refractivity contribution < 1.29 is 18.0 Å². The minimum atomic E-state index is -4.09. The Labute approximate surface area is 245 Å². The third-order valence-electron chi connectivity index (χ3n) is 7.28. The molecule has 0 aliphatic rings. The Morgan fingerprint density at radius 3 is 2.07 bits per heavy atom. The molecule has 0 spiro atoms. The molecule has 0 aliphatic carbocycles. The summed E-state index contributed by atoms with van der Waals surface area (Å²) >= 11 is 0. The third kappa shape index (κ3) is 8.19. The maximum Gasteiger partial charge on any atom is 0.264 e. The van der Waals surface area contributed by atoms with Gasteiger partial charge in [-0.1, -0.05) is 87.9 Å². The van der Waals surface area contributed by atoms with Crippen molar-refractivity contribution in [3.63, 3.8) is 0 Å². The van der Waals surface area contributed by atoms with Crippen molar-refractivity contribution in [2.24, 2.45) is 0 Å². The van der Waals surface area contributed by atoms with E-state index in [1.165, 1.54) is 17.0 Å². The van der Waals surface area contributed by atoms with Gasteiger partial charge in [-0.2, -0.15) is 0 Å². The van der Waals surface area contributed by atoms with E-state index in [1.807, 2.05) is 64.1 Å². The summed E-state index contributed by atoms with van der Waals surface area (Å²) in [6.07, 6.45) is 1.14. The molecular formula is C33H43N3O4S. The van der Waals surface area contributed by atoms with E-state index in [2.05, 4.69) is 19.2 Å². The summed E-state index contributed by atoms with van der Waals surface area (Å²) in [6.45, 7) is 11.6. The average molecular weight is 578 g/mol.